The number of nitrogens with one attached hydrogen (secondary N) is 1. The highest BCUT2D eigenvalue weighted by Crippen LogP contribution is 2.43. The second kappa shape index (κ2) is 6.84. The highest BCUT2D eigenvalue weighted by Gasteiger charge is 2.28. The standard InChI is InChI=1S/C20H25N5O2S/c1-12(2)17-11-21-25-18(17)23-20(28(4,26)27)24-19(25)22-13(3)15-7-5-6-8-16(15)14-9-10-14/h5-8,11-14H,9-10H2,1-4H3,(H,22,23,24). The van der Waals surface area contributed by atoms with Gasteiger partial charge in [-0.2, -0.15) is 19.6 Å². The van der Waals surface area contributed by atoms with Crippen molar-refractivity contribution in [3.63, 3.8) is 0 Å². The van der Waals surface area contributed by atoms with E-state index in [1.54, 1.807) is 10.7 Å². The molecule has 0 saturated heterocycles. The van der Waals surface area contributed by atoms with Crippen LogP contribution in [-0.4, -0.2) is 34.3 Å². The quantitative estimate of drug-likeness (QED) is 0.680. The van der Waals surface area contributed by atoms with Gasteiger partial charge in [-0.15, -0.1) is 0 Å². The van der Waals surface area contributed by atoms with Crippen LogP contribution in [0.1, 0.15) is 68.2 Å². The second-order valence-electron chi connectivity index (χ2n) is 7.86. The summed E-state index contributed by atoms with van der Waals surface area (Å²) in [5, 5.41) is 7.60. The number of anilines is 1. The van der Waals surface area contributed by atoms with E-state index in [-0.39, 0.29) is 17.1 Å². The van der Waals surface area contributed by atoms with Crippen LogP contribution in [-0.2, 0) is 9.84 Å². The van der Waals surface area contributed by atoms with E-state index in [0.717, 1.165) is 11.8 Å². The van der Waals surface area contributed by atoms with Crippen molar-refractivity contribution in [2.45, 2.75) is 56.6 Å². The molecule has 1 atom stereocenters. The molecule has 0 aliphatic heterocycles. The molecule has 1 aliphatic rings. The Bertz CT molecular complexity index is 1130. The van der Waals surface area contributed by atoms with Crippen LogP contribution in [0, 0.1) is 0 Å². The molecule has 1 saturated carbocycles. The molecule has 148 valence electrons. The Balaban J connectivity index is 1.80. The van der Waals surface area contributed by atoms with Gasteiger partial charge in [0.15, 0.2) is 5.65 Å². The van der Waals surface area contributed by atoms with Crippen LogP contribution in [0.25, 0.3) is 5.65 Å². The van der Waals surface area contributed by atoms with Gasteiger partial charge in [-0.25, -0.2) is 8.42 Å². The maximum Gasteiger partial charge on any atom is 0.252 e. The third-order valence-corrected chi connectivity index (χ3v) is 6.00. The molecular formula is C20H25N5O2S. The van der Waals surface area contributed by atoms with Crippen molar-refractivity contribution in [3.8, 4) is 0 Å². The summed E-state index contributed by atoms with van der Waals surface area (Å²) < 4.78 is 25.9. The number of rotatable bonds is 6. The Kier molecular flexibility index (Phi) is 4.61. The van der Waals surface area contributed by atoms with Crippen LogP contribution in [0.5, 0.6) is 0 Å². The van der Waals surface area contributed by atoms with E-state index in [4.69, 9.17) is 0 Å². The molecule has 0 amide bonds. The summed E-state index contributed by atoms with van der Waals surface area (Å²) in [5.74, 6) is 1.17. The molecule has 1 unspecified atom stereocenters. The monoisotopic (exact) mass is 399 g/mol. The fourth-order valence-electron chi connectivity index (χ4n) is 3.48. The number of benzene rings is 1. The molecule has 0 radical (unpaired) electrons. The fourth-order valence-corrected chi connectivity index (χ4v) is 3.99. The van der Waals surface area contributed by atoms with E-state index in [9.17, 15) is 8.42 Å². The van der Waals surface area contributed by atoms with Crippen molar-refractivity contribution in [3.05, 3.63) is 47.2 Å². The first kappa shape index (κ1) is 18.9. The van der Waals surface area contributed by atoms with Crippen molar-refractivity contribution in [2.24, 2.45) is 0 Å². The molecule has 1 fully saturated rings. The van der Waals surface area contributed by atoms with Crippen LogP contribution in [0.3, 0.4) is 0 Å². The fraction of sp³-hybridized carbons (Fsp3) is 0.450. The SMILES string of the molecule is CC(C)c1cnn2c(NC(C)c3ccccc3C3CC3)nc(S(C)(=O)=O)nc12. The first-order valence-corrected chi connectivity index (χ1v) is 11.5. The van der Waals surface area contributed by atoms with Crippen LogP contribution in [0.2, 0.25) is 0 Å². The number of hydrogen-bond acceptors (Lipinski definition) is 6. The van der Waals surface area contributed by atoms with E-state index < -0.39 is 9.84 Å². The molecule has 0 bridgehead atoms. The summed E-state index contributed by atoms with van der Waals surface area (Å²) in [6.45, 7) is 6.11. The average molecular weight is 400 g/mol. The first-order valence-electron chi connectivity index (χ1n) is 9.56. The van der Waals surface area contributed by atoms with E-state index in [1.807, 2.05) is 19.9 Å². The zero-order chi connectivity index (χ0) is 20.1. The second-order valence-corrected chi connectivity index (χ2v) is 9.77. The van der Waals surface area contributed by atoms with Gasteiger partial charge < -0.3 is 5.32 Å². The van der Waals surface area contributed by atoms with Gasteiger partial charge in [0.1, 0.15) is 0 Å². The topological polar surface area (TPSA) is 89.2 Å². The van der Waals surface area contributed by atoms with Gasteiger partial charge in [-0.05, 0) is 42.7 Å². The lowest BCUT2D eigenvalue weighted by molar-refractivity contribution is 0.591. The van der Waals surface area contributed by atoms with E-state index >= 15 is 0 Å². The molecule has 4 rings (SSSR count). The van der Waals surface area contributed by atoms with E-state index in [0.29, 0.717) is 17.5 Å². The normalized spacial score (nSPS) is 15.9. The molecule has 7 nitrogen and oxygen atoms in total. The van der Waals surface area contributed by atoms with Crippen LogP contribution >= 0.6 is 0 Å². The summed E-state index contributed by atoms with van der Waals surface area (Å²) >= 11 is 0. The van der Waals surface area contributed by atoms with Crippen molar-refractivity contribution in [2.75, 3.05) is 11.6 Å². The van der Waals surface area contributed by atoms with Gasteiger partial charge in [0.2, 0.25) is 15.8 Å². The minimum absolute atomic E-state index is 0.0472. The van der Waals surface area contributed by atoms with Gasteiger partial charge in [0.25, 0.3) is 5.16 Å². The summed E-state index contributed by atoms with van der Waals surface area (Å²) in [6.07, 6.45) is 5.29. The zero-order valence-corrected chi connectivity index (χ0v) is 17.4. The third-order valence-electron chi connectivity index (χ3n) is 5.15. The Labute approximate surface area is 165 Å². The molecule has 2 aromatic heterocycles. The maximum absolute atomic E-state index is 12.2. The van der Waals surface area contributed by atoms with Gasteiger partial charge in [0, 0.05) is 11.8 Å². The smallest absolute Gasteiger partial charge is 0.252 e. The number of sulfone groups is 1. The van der Waals surface area contributed by atoms with E-state index in [2.05, 4.69) is 45.5 Å². The molecule has 3 aromatic rings. The van der Waals surface area contributed by atoms with Gasteiger partial charge >= 0.3 is 0 Å². The Morgan fingerprint density at radius 2 is 1.82 bits per heavy atom. The highest BCUT2D eigenvalue weighted by molar-refractivity contribution is 7.90. The number of hydrogen-bond donors (Lipinski definition) is 1. The first-order chi connectivity index (χ1) is 13.3. The summed E-state index contributed by atoms with van der Waals surface area (Å²) in [4.78, 5) is 8.58. The van der Waals surface area contributed by atoms with Gasteiger partial charge in [-0.3, -0.25) is 0 Å². The minimum Gasteiger partial charge on any atom is -0.348 e. The van der Waals surface area contributed by atoms with Crippen LogP contribution in [0.15, 0.2) is 35.6 Å². The lowest BCUT2D eigenvalue weighted by Gasteiger charge is -2.19. The summed E-state index contributed by atoms with van der Waals surface area (Å²) in [7, 11) is -3.55. The summed E-state index contributed by atoms with van der Waals surface area (Å²) in [6, 6.07) is 8.34. The van der Waals surface area contributed by atoms with Gasteiger partial charge in [0.05, 0.1) is 12.2 Å². The molecule has 1 aromatic carbocycles. The lowest BCUT2D eigenvalue weighted by atomic mass is 9.98. The Hall–Kier alpha value is -2.48. The predicted octanol–water partition coefficient (Wildman–Crippen LogP) is 3.70. The molecular weight excluding hydrogens is 374 g/mol. The van der Waals surface area contributed by atoms with Gasteiger partial charge in [-0.1, -0.05) is 38.1 Å². The third kappa shape index (κ3) is 3.48. The maximum atomic E-state index is 12.2. The van der Waals surface area contributed by atoms with Crippen molar-refractivity contribution >= 4 is 21.4 Å². The lowest BCUT2D eigenvalue weighted by Crippen LogP contribution is -2.17. The predicted molar refractivity (Wildman–Crippen MR) is 108 cm³/mol. The molecule has 28 heavy (non-hydrogen) atoms. The summed E-state index contributed by atoms with van der Waals surface area (Å²) in [5.41, 5.74) is 3.96. The molecule has 8 heteroatoms. The van der Waals surface area contributed by atoms with E-state index in [1.165, 1.54) is 24.0 Å². The largest absolute Gasteiger partial charge is 0.348 e. The highest BCUT2D eigenvalue weighted by atomic mass is 32.2. The average Bonchev–Trinajstić information content (AvgIpc) is 3.39. The number of nitrogens with zero attached hydrogens (tertiary/aromatic N) is 4. The number of fused-ring (bicyclic) bond motifs is 1. The van der Waals surface area contributed by atoms with Crippen molar-refractivity contribution < 1.29 is 8.42 Å². The molecule has 2 heterocycles. The molecule has 1 aliphatic carbocycles. The molecule has 1 N–H and O–H groups in total. The van der Waals surface area contributed by atoms with Crippen molar-refractivity contribution in [1.29, 1.82) is 0 Å². The zero-order valence-electron chi connectivity index (χ0n) is 16.5. The Morgan fingerprint density at radius 1 is 1.11 bits per heavy atom. The number of aromatic nitrogens is 4. The van der Waals surface area contributed by atoms with Crippen LogP contribution < -0.4 is 5.32 Å². The van der Waals surface area contributed by atoms with Crippen molar-refractivity contribution in [1.82, 2.24) is 19.6 Å². The van der Waals surface area contributed by atoms with Crippen LogP contribution in [0.4, 0.5) is 5.95 Å². The minimum atomic E-state index is -3.55. The Morgan fingerprint density at radius 3 is 2.46 bits per heavy atom. The molecule has 0 spiro atoms.